The van der Waals surface area contributed by atoms with Crippen LogP contribution in [0.4, 0.5) is 0 Å². The molecule has 108 valence electrons. The third kappa shape index (κ3) is 3.36. The minimum Gasteiger partial charge on any atom is -0.312 e. The number of nitrogens with one attached hydrogen (secondary N) is 1. The molecule has 2 heterocycles. The average molecular weight is 298 g/mol. The van der Waals surface area contributed by atoms with E-state index in [0.29, 0.717) is 19.6 Å². The van der Waals surface area contributed by atoms with Gasteiger partial charge in [-0.2, -0.15) is 17.0 Å². The lowest BCUT2D eigenvalue weighted by Crippen LogP contribution is -2.57. The molecular weight excluding hydrogens is 274 g/mol. The molecule has 2 atom stereocenters. The SMILES string of the molecule is CC1CCCCN1S(=O)(=O)N1CCN[C@@H](C)C1.Cl. The molecule has 2 fully saturated rings. The monoisotopic (exact) mass is 297 g/mol. The van der Waals surface area contributed by atoms with Gasteiger partial charge in [0.15, 0.2) is 0 Å². The smallest absolute Gasteiger partial charge is 0.282 e. The molecule has 0 amide bonds. The zero-order chi connectivity index (χ0) is 12.5. The summed E-state index contributed by atoms with van der Waals surface area (Å²) in [7, 11) is -3.24. The Morgan fingerprint density at radius 1 is 1.17 bits per heavy atom. The molecule has 0 bridgehead atoms. The zero-order valence-corrected chi connectivity index (χ0v) is 12.8. The lowest BCUT2D eigenvalue weighted by Gasteiger charge is -2.39. The molecule has 2 aliphatic heterocycles. The third-order valence-corrected chi connectivity index (χ3v) is 5.82. The van der Waals surface area contributed by atoms with E-state index in [0.717, 1.165) is 25.8 Å². The van der Waals surface area contributed by atoms with Crippen molar-refractivity contribution in [3.05, 3.63) is 0 Å². The van der Waals surface area contributed by atoms with Gasteiger partial charge in [0.25, 0.3) is 10.2 Å². The first-order valence-electron chi connectivity index (χ1n) is 6.52. The van der Waals surface area contributed by atoms with Gasteiger partial charge in [0, 0.05) is 38.3 Å². The second-order valence-corrected chi connectivity index (χ2v) is 7.06. The molecular formula is C11H24ClN3O2S. The molecule has 2 aliphatic rings. The Kier molecular flexibility index (Phi) is 5.86. The fourth-order valence-corrected chi connectivity index (χ4v) is 4.62. The van der Waals surface area contributed by atoms with E-state index in [4.69, 9.17) is 0 Å². The summed E-state index contributed by atoms with van der Waals surface area (Å²) >= 11 is 0. The molecule has 1 unspecified atom stereocenters. The minimum absolute atomic E-state index is 0. The quantitative estimate of drug-likeness (QED) is 0.821. The van der Waals surface area contributed by atoms with Crippen LogP contribution in [0.15, 0.2) is 0 Å². The number of hydrogen-bond donors (Lipinski definition) is 1. The molecule has 0 saturated carbocycles. The van der Waals surface area contributed by atoms with Crippen LogP contribution in [0.3, 0.4) is 0 Å². The third-order valence-electron chi connectivity index (χ3n) is 3.70. The summed E-state index contributed by atoms with van der Waals surface area (Å²) in [5, 5.41) is 3.27. The second-order valence-electron chi connectivity index (χ2n) is 5.18. The van der Waals surface area contributed by atoms with Gasteiger partial charge >= 0.3 is 0 Å². The molecule has 0 radical (unpaired) electrons. The highest BCUT2D eigenvalue weighted by molar-refractivity contribution is 7.86. The van der Waals surface area contributed by atoms with Gasteiger partial charge in [-0.25, -0.2) is 0 Å². The summed E-state index contributed by atoms with van der Waals surface area (Å²) in [6.07, 6.45) is 3.12. The van der Waals surface area contributed by atoms with Crippen LogP contribution < -0.4 is 5.32 Å². The van der Waals surface area contributed by atoms with E-state index in [1.807, 2.05) is 13.8 Å². The number of piperidine rings is 1. The van der Waals surface area contributed by atoms with Gasteiger partial charge in [-0.15, -0.1) is 12.4 Å². The zero-order valence-electron chi connectivity index (χ0n) is 11.1. The van der Waals surface area contributed by atoms with E-state index in [1.165, 1.54) is 0 Å². The summed E-state index contributed by atoms with van der Waals surface area (Å²) in [5.74, 6) is 0. The first kappa shape index (κ1) is 16.2. The first-order valence-corrected chi connectivity index (χ1v) is 7.92. The Morgan fingerprint density at radius 3 is 2.50 bits per heavy atom. The van der Waals surface area contributed by atoms with Gasteiger partial charge in [0.05, 0.1) is 0 Å². The summed E-state index contributed by atoms with van der Waals surface area (Å²) < 4.78 is 28.4. The number of rotatable bonds is 2. The Hall–Kier alpha value is 0.120. The van der Waals surface area contributed by atoms with E-state index in [-0.39, 0.29) is 24.5 Å². The van der Waals surface area contributed by atoms with Crippen LogP contribution in [-0.2, 0) is 10.2 Å². The standard InChI is InChI=1S/C11H23N3O2S.ClH/c1-10-9-13(8-6-12-10)17(15,16)14-7-4-3-5-11(14)2;/h10-12H,3-9H2,1-2H3;1H/t10-,11?;/m0./s1. The van der Waals surface area contributed by atoms with Crippen LogP contribution in [0, 0.1) is 0 Å². The predicted molar refractivity (Wildman–Crippen MR) is 75.2 cm³/mol. The number of piperazine rings is 1. The van der Waals surface area contributed by atoms with Gasteiger partial charge in [-0.05, 0) is 26.7 Å². The number of hydrogen-bond acceptors (Lipinski definition) is 3. The number of halogens is 1. The Morgan fingerprint density at radius 2 is 1.89 bits per heavy atom. The first-order chi connectivity index (χ1) is 8.01. The van der Waals surface area contributed by atoms with Crippen LogP contribution >= 0.6 is 12.4 Å². The average Bonchev–Trinajstić information content (AvgIpc) is 2.29. The van der Waals surface area contributed by atoms with Gasteiger partial charge < -0.3 is 5.32 Å². The van der Waals surface area contributed by atoms with Crippen LogP contribution in [0.25, 0.3) is 0 Å². The van der Waals surface area contributed by atoms with E-state index < -0.39 is 10.2 Å². The maximum Gasteiger partial charge on any atom is 0.282 e. The van der Waals surface area contributed by atoms with Crippen molar-refractivity contribution in [3.63, 3.8) is 0 Å². The predicted octanol–water partition coefficient (Wildman–Crippen LogP) is 0.821. The van der Waals surface area contributed by atoms with Gasteiger partial charge in [0.2, 0.25) is 0 Å². The molecule has 0 aromatic heterocycles. The highest BCUT2D eigenvalue weighted by Gasteiger charge is 2.35. The van der Waals surface area contributed by atoms with Crippen LogP contribution in [0.1, 0.15) is 33.1 Å². The Balaban J connectivity index is 0.00000162. The highest BCUT2D eigenvalue weighted by atomic mass is 35.5. The lowest BCUT2D eigenvalue weighted by atomic mass is 10.1. The van der Waals surface area contributed by atoms with E-state index in [1.54, 1.807) is 8.61 Å². The molecule has 18 heavy (non-hydrogen) atoms. The van der Waals surface area contributed by atoms with Crippen molar-refractivity contribution < 1.29 is 8.42 Å². The molecule has 1 N–H and O–H groups in total. The van der Waals surface area contributed by atoms with Crippen molar-refractivity contribution in [2.75, 3.05) is 26.2 Å². The maximum absolute atomic E-state index is 12.5. The van der Waals surface area contributed by atoms with E-state index >= 15 is 0 Å². The minimum atomic E-state index is -3.24. The van der Waals surface area contributed by atoms with Crippen molar-refractivity contribution in [2.24, 2.45) is 0 Å². The molecule has 2 saturated heterocycles. The van der Waals surface area contributed by atoms with Gasteiger partial charge in [-0.1, -0.05) is 6.42 Å². The second kappa shape index (κ2) is 6.52. The van der Waals surface area contributed by atoms with Gasteiger partial charge in [-0.3, -0.25) is 0 Å². The van der Waals surface area contributed by atoms with Crippen LogP contribution in [0.2, 0.25) is 0 Å². The molecule has 7 heteroatoms. The molecule has 0 spiro atoms. The largest absolute Gasteiger partial charge is 0.312 e. The molecule has 0 aromatic rings. The Labute approximate surface area is 116 Å². The fourth-order valence-electron chi connectivity index (χ4n) is 2.67. The van der Waals surface area contributed by atoms with E-state index in [9.17, 15) is 8.42 Å². The summed E-state index contributed by atoms with van der Waals surface area (Å²) in [5.41, 5.74) is 0. The molecule has 0 aromatic carbocycles. The van der Waals surface area contributed by atoms with Crippen molar-refractivity contribution in [1.82, 2.24) is 13.9 Å². The normalized spacial score (nSPS) is 31.9. The Bertz CT molecular complexity index is 363. The van der Waals surface area contributed by atoms with Crippen molar-refractivity contribution >= 4 is 22.6 Å². The number of nitrogens with zero attached hydrogens (tertiary/aromatic N) is 2. The summed E-state index contributed by atoms with van der Waals surface area (Å²) in [4.78, 5) is 0. The fraction of sp³-hybridized carbons (Fsp3) is 1.00. The van der Waals surface area contributed by atoms with Gasteiger partial charge in [0.1, 0.15) is 0 Å². The van der Waals surface area contributed by atoms with Crippen molar-refractivity contribution in [1.29, 1.82) is 0 Å². The maximum atomic E-state index is 12.5. The topological polar surface area (TPSA) is 52.7 Å². The molecule has 5 nitrogen and oxygen atoms in total. The summed E-state index contributed by atoms with van der Waals surface area (Å²) in [6.45, 7) is 6.66. The van der Waals surface area contributed by atoms with Crippen LogP contribution in [0.5, 0.6) is 0 Å². The highest BCUT2D eigenvalue weighted by Crippen LogP contribution is 2.22. The van der Waals surface area contributed by atoms with Crippen LogP contribution in [-0.4, -0.2) is 55.3 Å². The summed E-state index contributed by atoms with van der Waals surface area (Å²) in [6, 6.07) is 0.401. The van der Waals surface area contributed by atoms with Crippen molar-refractivity contribution in [2.45, 2.75) is 45.2 Å². The molecule has 2 rings (SSSR count). The van der Waals surface area contributed by atoms with E-state index in [2.05, 4.69) is 5.32 Å². The lowest BCUT2D eigenvalue weighted by molar-refractivity contribution is 0.228. The van der Waals surface area contributed by atoms with Crippen molar-refractivity contribution in [3.8, 4) is 0 Å². The molecule has 0 aliphatic carbocycles.